The number of alkyl halides is 1. The van der Waals surface area contributed by atoms with Crippen molar-refractivity contribution in [1.82, 2.24) is 5.32 Å². The summed E-state index contributed by atoms with van der Waals surface area (Å²) in [6.45, 7) is 10.9. The molecule has 0 aliphatic rings. The van der Waals surface area contributed by atoms with Crippen molar-refractivity contribution in [2.24, 2.45) is 5.41 Å². The Bertz CT molecular complexity index is 93.7. The molecule has 0 aromatic carbocycles. The lowest BCUT2D eigenvalue weighted by Crippen LogP contribution is -2.36. The molecule has 0 rings (SSSR count). The van der Waals surface area contributed by atoms with Crippen LogP contribution in [0.2, 0.25) is 0 Å². The van der Waals surface area contributed by atoms with E-state index in [1.165, 1.54) is 0 Å². The molecule has 0 aliphatic carbocycles. The molecular weight excluding hydrogens is 141 g/mol. The highest BCUT2D eigenvalue weighted by Crippen LogP contribution is 2.11. The molecule has 68 valence electrons. The molecule has 0 aromatic rings. The number of nitrogens with one attached hydrogen (secondary N) is 1. The van der Waals surface area contributed by atoms with Gasteiger partial charge >= 0.3 is 0 Å². The first-order valence-corrected chi connectivity index (χ1v) is 4.10. The van der Waals surface area contributed by atoms with Crippen molar-refractivity contribution in [2.75, 3.05) is 13.1 Å². The van der Waals surface area contributed by atoms with E-state index in [1.807, 2.05) is 0 Å². The summed E-state index contributed by atoms with van der Waals surface area (Å²) in [5.74, 6) is 0. The van der Waals surface area contributed by atoms with E-state index in [2.05, 4.69) is 26.1 Å². The van der Waals surface area contributed by atoms with Crippen LogP contribution in [-0.2, 0) is 0 Å². The van der Waals surface area contributed by atoms with E-state index >= 15 is 0 Å². The van der Waals surface area contributed by atoms with Gasteiger partial charge in [0.25, 0.3) is 0 Å². The van der Waals surface area contributed by atoms with Gasteiger partial charge in [0.05, 0.1) is 0 Å². The second-order valence-electron chi connectivity index (χ2n) is 4.88. The molecule has 0 aliphatic heterocycles. The van der Waals surface area contributed by atoms with Crippen LogP contribution in [0.25, 0.3) is 0 Å². The molecule has 2 heteroatoms. The highest BCUT2D eigenvalue weighted by atomic mass is 19.1. The van der Waals surface area contributed by atoms with Gasteiger partial charge in [0.15, 0.2) is 0 Å². The van der Waals surface area contributed by atoms with Crippen LogP contribution in [0.15, 0.2) is 0 Å². The van der Waals surface area contributed by atoms with Gasteiger partial charge in [0.1, 0.15) is 5.67 Å². The summed E-state index contributed by atoms with van der Waals surface area (Å²) in [4.78, 5) is 0. The Morgan fingerprint density at radius 1 is 1.00 bits per heavy atom. The topological polar surface area (TPSA) is 12.0 Å². The lowest BCUT2D eigenvalue weighted by molar-refractivity contribution is 0.202. The molecule has 0 amide bonds. The van der Waals surface area contributed by atoms with Crippen molar-refractivity contribution in [2.45, 2.75) is 40.3 Å². The summed E-state index contributed by atoms with van der Waals surface area (Å²) < 4.78 is 12.9. The van der Waals surface area contributed by atoms with Crippen molar-refractivity contribution in [3.63, 3.8) is 0 Å². The van der Waals surface area contributed by atoms with Crippen LogP contribution in [0.5, 0.6) is 0 Å². The largest absolute Gasteiger partial charge is 0.313 e. The fourth-order valence-corrected chi connectivity index (χ4v) is 0.735. The molecule has 0 spiro atoms. The first-order valence-electron chi connectivity index (χ1n) is 4.10. The van der Waals surface area contributed by atoms with Crippen molar-refractivity contribution in [3.05, 3.63) is 0 Å². The Kier molecular flexibility index (Phi) is 3.49. The molecule has 0 saturated heterocycles. The highest BCUT2D eigenvalue weighted by Gasteiger charge is 2.16. The Morgan fingerprint density at radius 3 is 1.73 bits per heavy atom. The Morgan fingerprint density at radius 2 is 1.45 bits per heavy atom. The minimum absolute atomic E-state index is 0.241. The average Bonchev–Trinajstić information content (AvgIpc) is 1.55. The summed E-state index contributed by atoms with van der Waals surface area (Å²) in [7, 11) is 0. The first kappa shape index (κ1) is 10.9. The maximum atomic E-state index is 12.9. The highest BCUT2D eigenvalue weighted by molar-refractivity contribution is 4.72. The molecule has 0 atom stereocenters. The molecule has 11 heavy (non-hydrogen) atoms. The molecule has 0 unspecified atom stereocenters. The van der Waals surface area contributed by atoms with Gasteiger partial charge in [-0.3, -0.25) is 0 Å². The Hall–Kier alpha value is -0.110. The van der Waals surface area contributed by atoms with Crippen molar-refractivity contribution < 1.29 is 4.39 Å². The zero-order valence-corrected chi connectivity index (χ0v) is 8.29. The molecule has 0 saturated carbocycles. The summed E-state index contributed by atoms with van der Waals surface area (Å²) in [6.07, 6.45) is 0. The molecular formula is C9H20FN. The Labute approximate surface area is 69.4 Å². The van der Waals surface area contributed by atoms with Gasteiger partial charge in [-0.2, -0.15) is 0 Å². The Balaban J connectivity index is 3.44. The monoisotopic (exact) mass is 161 g/mol. The lowest BCUT2D eigenvalue weighted by Gasteiger charge is -2.21. The number of halogens is 1. The number of rotatable bonds is 3. The summed E-state index contributed by atoms with van der Waals surface area (Å²) in [5.41, 5.74) is -0.851. The zero-order valence-electron chi connectivity index (χ0n) is 8.29. The van der Waals surface area contributed by atoms with Gasteiger partial charge < -0.3 is 5.32 Å². The van der Waals surface area contributed by atoms with Crippen LogP contribution in [0.3, 0.4) is 0 Å². The van der Waals surface area contributed by atoms with Crippen molar-refractivity contribution in [3.8, 4) is 0 Å². The normalized spacial score (nSPS) is 13.6. The fourth-order valence-electron chi connectivity index (χ4n) is 0.735. The van der Waals surface area contributed by atoms with Gasteiger partial charge in [0.2, 0.25) is 0 Å². The van der Waals surface area contributed by atoms with E-state index in [0.717, 1.165) is 6.54 Å². The van der Waals surface area contributed by atoms with E-state index in [9.17, 15) is 4.39 Å². The van der Waals surface area contributed by atoms with Crippen molar-refractivity contribution in [1.29, 1.82) is 0 Å². The van der Waals surface area contributed by atoms with E-state index < -0.39 is 5.67 Å². The van der Waals surface area contributed by atoms with Gasteiger partial charge in [-0.05, 0) is 19.3 Å². The smallest absolute Gasteiger partial charge is 0.117 e. The lowest BCUT2D eigenvalue weighted by atomic mass is 9.97. The van der Waals surface area contributed by atoms with Gasteiger partial charge in [-0.1, -0.05) is 20.8 Å². The minimum atomic E-state index is -1.09. The van der Waals surface area contributed by atoms with Crippen molar-refractivity contribution >= 4 is 0 Å². The molecule has 0 bridgehead atoms. The van der Waals surface area contributed by atoms with Crippen LogP contribution < -0.4 is 5.32 Å². The van der Waals surface area contributed by atoms with Crippen LogP contribution in [-0.4, -0.2) is 18.8 Å². The zero-order chi connectivity index (χ0) is 9.12. The van der Waals surface area contributed by atoms with E-state index in [1.54, 1.807) is 13.8 Å². The van der Waals surface area contributed by atoms with E-state index in [0.29, 0.717) is 6.54 Å². The van der Waals surface area contributed by atoms with Crippen LogP contribution in [0, 0.1) is 5.41 Å². The number of hydrogen-bond donors (Lipinski definition) is 1. The van der Waals surface area contributed by atoms with Crippen LogP contribution in [0.1, 0.15) is 34.6 Å². The summed E-state index contributed by atoms with van der Waals surface area (Å²) in [5, 5.41) is 3.09. The third kappa shape index (κ3) is 9.89. The summed E-state index contributed by atoms with van der Waals surface area (Å²) in [6, 6.07) is 0. The SMILES string of the molecule is CC(C)(C)CNCC(C)(C)F. The van der Waals surface area contributed by atoms with Gasteiger partial charge in [0, 0.05) is 13.1 Å². The van der Waals surface area contributed by atoms with E-state index in [-0.39, 0.29) is 5.41 Å². The van der Waals surface area contributed by atoms with Crippen LogP contribution >= 0.6 is 0 Å². The minimum Gasteiger partial charge on any atom is -0.313 e. The molecule has 0 radical (unpaired) electrons. The quantitative estimate of drug-likeness (QED) is 0.670. The predicted molar refractivity (Wildman–Crippen MR) is 47.5 cm³/mol. The second kappa shape index (κ2) is 3.53. The second-order valence-corrected chi connectivity index (χ2v) is 4.88. The van der Waals surface area contributed by atoms with Gasteiger partial charge in [-0.25, -0.2) is 4.39 Å². The van der Waals surface area contributed by atoms with E-state index in [4.69, 9.17) is 0 Å². The molecule has 1 nitrogen and oxygen atoms in total. The van der Waals surface area contributed by atoms with Crippen LogP contribution in [0.4, 0.5) is 4.39 Å². The standard InChI is InChI=1S/C9H20FN/c1-8(2,3)6-11-7-9(4,5)10/h11H,6-7H2,1-5H3. The molecule has 1 N–H and O–H groups in total. The molecule has 0 aromatic heterocycles. The molecule has 0 heterocycles. The first-order chi connectivity index (χ1) is 4.71. The fraction of sp³-hybridized carbons (Fsp3) is 1.00. The maximum absolute atomic E-state index is 12.9. The third-order valence-electron chi connectivity index (χ3n) is 1.20. The molecule has 0 fully saturated rings. The maximum Gasteiger partial charge on any atom is 0.117 e. The predicted octanol–water partition coefficient (Wildman–Crippen LogP) is 2.37. The average molecular weight is 161 g/mol. The van der Waals surface area contributed by atoms with Gasteiger partial charge in [-0.15, -0.1) is 0 Å². The summed E-state index contributed by atoms with van der Waals surface area (Å²) >= 11 is 0. The number of hydrogen-bond acceptors (Lipinski definition) is 1. The third-order valence-corrected chi connectivity index (χ3v) is 1.20.